The number of hydrogen-bond donors (Lipinski definition) is 1. The first-order valence-electron chi connectivity index (χ1n) is 9.56. The minimum atomic E-state index is -0.844. The van der Waals surface area contributed by atoms with Gasteiger partial charge in [-0.1, -0.05) is 12.1 Å². The van der Waals surface area contributed by atoms with Crippen molar-refractivity contribution in [2.45, 2.75) is 20.1 Å². The number of nitrogens with one attached hydrogen (secondary N) is 1. The van der Waals surface area contributed by atoms with Crippen molar-refractivity contribution in [1.29, 1.82) is 0 Å². The van der Waals surface area contributed by atoms with Crippen LogP contribution in [0, 0.1) is 19.7 Å². The van der Waals surface area contributed by atoms with Crippen LogP contribution in [-0.2, 0) is 14.4 Å². The molecule has 2 aliphatic rings. The third-order valence-electron chi connectivity index (χ3n) is 5.18. The van der Waals surface area contributed by atoms with E-state index in [4.69, 9.17) is 0 Å². The van der Waals surface area contributed by atoms with Crippen LogP contribution in [0.3, 0.4) is 0 Å². The van der Waals surface area contributed by atoms with Gasteiger partial charge >= 0.3 is 11.8 Å². The van der Waals surface area contributed by atoms with E-state index in [-0.39, 0.29) is 12.4 Å². The number of aryl methyl sites for hydroxylation is 2. The van der Waals surface area contributed by atoms with Gasteiger partial charge in [0.05, 0.1) is 0 Å². The van der Waals surface area contributed by atoms with Crippen LogP contribution in [0.2, 0.25) is 0 Å². The van der Waals surface area contributed by atoms with Gasteiger partial charge in [0.25, 0.3) is 18.7 Å². The zero-order valence-corrected chi connectivity index (χ0v) is 16.6. The number of halogens is 1. The molecule has 1 unspecified atom stereocenters. The maximum atomic E-state index is 13.3. The number of rotatable bonds is 4. The summed E-state index contributed by atoms with van der Waals surface area (Å²) in [5.41, 5.74) is 3.19. The Morgan fingerprint density at radius 1 is 1.13 bits per heavy atom. The summed E-state index contributed by atoms with van der Waals surface area (Å²) in [5, 5.41) is 7.11. The van der Waals surface area contributed by atoms with Crippen LogP contribution >= 0.6 is 0 Å². The summed E-state index contributed by atoms with van der Waals surface area (Å²) < 4.78 is 14.2. The topological polar surface area (TPSA) is 85.1 Å². The minimum Gasteiger partial charge on any atom is -0.326 e. The van der Waals surface area contributed by atoms with E-state index >= 15 is 0 Å². The Labute approximate surface area is 172 Å². The van der Waals surface area contributed by atoms with Gasteiger partial charge in [0.2, 0.25) is 0 Å². The fourth-order valence-corrected chi connectivity index (χ4v) is 3.56. The summed E-state index contributed by atoms with van der Waals surface area (Å²) in [5.74, 6) is -2.37. The van der Waals surface area contributed by atoms with E-state index in [9.17, 15) is 18.8 Å². The fraction of sp³-hybridized carbons (Fsp3) is 0.286. The van der Waals surface area contributed by atoms with Gasteiger partial charge in [0.1, 0.15) is 5.82 Å². The SMILES string of the molecule is Cc1ccc(C)c(NC(=O)C[N+]2=NC3N(CCN3c3ccc(F)cc3)C(=O)C2=O)c1. The highest BCUT2D eigenvalue weighted by molar-refractivity contribution is 6.32. The molecule has 3 amide bonds. The van der Waals surface area contributed by atoms with E-state index in [0.29, 0.717) is 24.5 Å². The molecule has 0 spiro atoms. The van der Waals surface area contributed by atoms with Crippen molar-refractivity contribution in [3.8, 4) is 0 Å². The summed E-state index contributed by atoms with van der Waals surface area (Å²) >= 11 is 0. The molecular formula is C21H21FN5O3+. The van der Waals surface area contributed by atoms with Gasteiger partial charge in [-0.05, 0) is 60.0 Å². The molecule has 30 heavy (non-hydrogen) atoms. The molecule has 1 fully saturated rings. The molecule has 0 radical (unpaired) electrons. The highest BCUT2D eigenvalue weighted by Crippen LogP contribution is 2.27. The normalized spacial score (nSPS) is 18.4. The van der Waals surface area contributed by atoms with Gasteiger partial charge in [-0.15, -0.1) is 0 Å². The van der Waals surface area contributed by atoms with Gasteiger partial charge in [0, 0.05) is 29.6 Å². The van der Waals surface area contributed by atoms with Crippen LogP contribution < -0.4 is 10.2 Å². The average molecular weight is 410 g/mol. The number of anilines is 2. The predicted molar refractivity (Wildman–Crippen MR) is 106 cm³/mol. The summed E-state index contributed by atoms with van der Waals surface area (Å²) in [6, 6.07) is 11.5. The molecule has 2 aromatic carbocycles. The lowest BCUT2D eigenvalue weighted by atomic mass is 10.1. The Bertz CT molecular complexity index is 1070. The summed E-state index contributed by atoms with van der Waals surface area (Å²) in [6.07, 6.45) is -0.755. The lowest BCUT2D eigenvalue weighted by molar-refractivity contribution is -0.509. The molecule has 2 heterocycles. The molecule has 1 atom stereocenters. The van der Waals surface area contributed by atoms with Crippen LogP contribution in [0.1, 0.15) is 11.1 Å². The third-order valence-corrected chi connectivity index (χ3v) is 5.18. The Hall–Kier alpha value is -3.62. The smallest absolute Gasteiger partial charge is 0.326 e. The largest absolute Gasteiger partial charge is 0.502 e. The second-order valence-electron chi connectivity index (χ2n) is 7.36. The van der Waals surface area contributed by atoms with E-state index in [1.165, 1.54) is 17.0 Å². The van der Waals surface area contributed by atoms with E-state index in [0.717, 1.165) is 15.8 Å². The minimum absolute atomic E-state index is 0.318. The molecule has 4 rings (SSSR count). The van der Waals surface area contributed by atoms with Gasteiger partial charge in [-0.3, -0.25) is 14.5 Å². The van der Waals surface area contributed by atoms with E-state index in [1.807, 2.05) is 32.0 Å². The first-order valence-corrected chi connectivity index (χ1v) is 9.56. The van der Waals surface area contributed by atoms with E-state index < -0.39 is 24.0 Å². The number of amides is 3. The second kappa shape index (κ2) is 7.66. The van der Waals surface area contributed by atoms with Crippen molar-refractivity contribution in [1.82, 2.24) is 4.90 Å². The molecule has 2 aliphatic heterocycles. The highest BCUT2D eigenvalue weighted by atomic mass is 19.1. The molecule has 0 saturated carbocycles. The van der Waals surface area contributed by atoms with Crippen molar-refractivity contribution in [3.05, 3.63) is 59.4 Å². The molecular weight excluding hydrogens is 389 g/mol. The summed E-state index contributed by atoms with van der Waals surface area (Å²) in [6.45, 7) is 4.17. The fourth-order valence-electron chi connectivity index (χ4n) is 3.56. The third kappa shape index (κ3) is 3.66. The summed E-state index contributed by atoms with van der Waals surface area (Å²) in [7, 11) is 0. The van der Waals surface area contributed by atoms with Crippen molar-refractivity contribution >= 4 is 29.1 Å². The Kier molecular flexibility index (Phi) is 5.03. The van der Waals surface area contributed by atoms with E-state index in [1.54, 1.807) is 17.0 Å². The number of azo groups is 2. The van der Waals surface area contributed by atoms with E-state index in [2.05, 4.69) is 10.4 Å². The number of carbonyl (C=O) groups is 3. The first kappa shape index (κ1) is 19.7. The van der Waals surface area contributed by atoms with Crippen LogP contribution in [0.15, 0.2) is 47.6 Å². The van der Waals surface area contributed by atoms with Crippen LogP contribution in [0.25, 0.3) is 0 Å². The van der Waals surface area contributed by atoms with Crippen molar-refractivity contribution in [3.63, 3.8) is 0 Å². The number of hydrogen-bond acceptors (Lipinski definition) is 5. The van der Waals surface area contributed by atoms with Gasteiger partial charge < -0.3 is 10.2 Å². The molecule has 9 heteroatoms. The molecule has 1 N–H and O–H groups in total. The number of fused-ring (bicyclic) bond motifs is 1. The monoisotopic (exact) mass is 410 g/mol. The van der Waals surface area contributed by atoms with Gasteiger partial charge in [0.15, 0.2) is 0 Å². The zero-order chi connectivity index (χ0) is 21.4. The molecule has 154 valence electrons. The Balaban J connectivity index is 1.56. The molecule has 2 aromatic rings. The number of carbonyl (C=O) groups excluding carboxylic acids is 3. The Morgan fingerprint density at radius 2 is 1.83 bits per heavy atom. The molecule has 0 aliphatic carbocycles. The lowest BCUT2D eigenvalue weighted by Gasteiger charge is -2.26. The standard InChI is InChI=1S/C21H20FN5O3/c1-13-3-4-14(2)17(11-13)23-18(28)12-27-20(30)19(29)26-10-9-25(21(26)24-27)16-7-5-15(22)6-8-16/h3-8,11,21H,9-10,12H2,1-2H3/p+1. The van der Waals surface area contributed by atoms with Crippen LogP contribution in [0.4, 0.5) is 15.8 Å². The first-order chi connectivity index (χ1) is 14.3. The Morgan fingerprint density at radius 3 is 2.57 bits per heavy atom. The van der Waals surface area contributed by atoms with Crippen molar-refractivity contribution < 1.29 is 23.5 Å². The van der Waals surface area contributed by atoms with Crippen molar-refractivity contribution in [2.24, 2.45) is 5.11 Å². The predicted octanol–water partition coefficient (Wildman–Crippen LogP) is 2.02. The maximum Gasteiger partial charge on any atom is 0.502 e. The number of benzene rings is 2. The average Bonchev–Trinajstić information content (AvgIpc) is 3.13. The highest BCUT2D eigenvalue weighted by Gasteiger charge is 2.49. The van der Waals surface area contributed by atoms with Gasteiger partial charge in [-0.2, -0.15) is 0 Å². The second-order valence-corrected chi connectivity index (χ2v) is 7.36. The number of nitrogens with zero attached hydrogens (tertiary/aromatic N) is 4. The van der Waals surface area contributed by atoms with Crippen LogP contribution in [0.5, 0.6) is 0 Å². The quantitative estimate of drug-likeness (QED) is 0.617. The molecule has 0 bridgehead atoms. The van der Waals surface area contributed by atoms with Gasteiger partial charge in [-0.25, -0.2) is 9.18 Å². The maximum absolute atomic E-state index is 13.3. The molecule has 1 saturated heterocycles. The van der Waals surface area contributed by atoms with Crippen molar-refractivity contribution in [2.75, 3.05) is 29.9 Å². The zero-order valence-electron chi connectivity index (χ0n) is 16.6. The molecule has 8 nitrogen and oxygen atoms in total. The van der Waals surface area contributed by atoms with Crippen LogP contribution in [-0.4, -0.2) is 53.2 Å². The molecule has 0 aromatic heterocycles. The lowest BCUT2D eigenvalue weighted by Crippen LogP contribution is -2.52. The summed E-state index contributed by atoms with van der Waals surface area (Å²) in [4.78, 5) is 40.7.